The number of benzene rings is 1. The summed E-state index contributed by atoms with van der Waals surface area (Å²) in [5.74, 6) is 0.187. The predicted molar refractivity (Wildman–Crippen MR) is 80.7 cm³/mol. The average molecular weight is 329 g/mol. The van der Waals surface area contributed by atoms with Crippen LogP contribution in [0.1, 0.15) is 37.8 Å². The predicted octanol–water partition coefficient (Wildman–Crippen LogP) is 3.87. The number of hydrogen-bond acceptors (Lipinski definition) is 2. The molecule has 1 fully saturated rings. The number of alkyl halides is 3. The largest absolute Gasteiger partial charge is 0.416 e. The summed E-state index contributed by atoms with van der Waals surface area (Å²) in [7, 11) is 1.67. The van der Waals surface area contributed by atoms with Crippen LogP contribution in [-0.4, -0.2) is 30.1 Å². The quantitative estimate of drug-likeness (QED) is 0.839. The Morgan fingerprint density at radius 1 is 1.26 bits per heavy atom. The summed E-state index contributed by atoms with van der Waals surface area (Å²) in [6.07, 6.45) is -2.84. The van der Waals surface area contributed by atoms with Crippen molar-refractivity contribution in [3.05, 3.63) is 35.4 Å². The molecule has 0 spiro atoms. The van der Waals surface area contributed by atoms with Gasteiger partial charge in [-0.15, -0.1) is 0 Å². The summed E-state index contributed by atoms with van der Waals surface area (Å²) in [6.45, 7) is 4.26. The van der Waals surface area contributed by atoms with Crippen molar-refractivity contribution in [2.75, 3.05) is 7.05 Å². The number of halogens is 3. The fourth-order valence-electron chi connectivity index (χ4n) is 2.94. The minimum atomic E-state index is -4.34. The van der Waals surface area contributed by atoms with Crippen LogP contribution >= 0.6 is 0 Å². The Morgan fingerprint density at radius 3 is 2.35 bits per heavy atom. The van der Waals surface area contributed by atoms with Crippen LogP contribution in [0.3, 0.4) is 0 Å². The fourth-order valence-corrected chi connectivity index (χ4v) is 2.94. The molecule has 0 bridgehead atoms. The van der Waals surface area contributed by atoms with Crippen molar-refractivity contribution < 1.29 is 22.7 Å². The lowest BCUT2D eigenvalue weighted by Crippen LogP contribution is -2.29. The Labute approximate surface area is 134 Å². The van der Waals surface area contributed by atoms with Gasteiger partial charge in [-0.05, 0) is 43.9 Å². The molecule has 3 unspecified atom stereocenters. The molecule has 0 radical (unpaired) electrons. The Morgan fingerprint density at radius 2 is 1.87 bits per heavy atom. The van der Waals surface area contributed by atoms with E-state index in [9.17, 15) is 18.0 Å². The highest BCUT2D eigenvalue weighted by Crippen LogP contribution is 2.30. The van der Waals surface area contributed by atoms with E-state index in [2.05, 4.69) is 0 Å². The van der Waals surface area contributed by atoms with Crippen molar-refractivity contribution >= 4 is 5.91 Å². The van der Waals surface area contributed by atoms with Crippen LogP contribution in [0.5, 0.6) is 0 Å². The van der Waals surface area contributed by atoms with Gasteiger partial charge in [0.05, 0.1) is 17.8 Å². The SMILES string of the molecule is CC1CC(CC(=O)N(C)Cc2ccc(C(F)(F)F)cc2)C(C)O1. The van der Waals surface area contributed by atoms with Crippen LogP contribution in [0, 0.1) is 5.92 Å². The Balaban J connectivity index is 1.91. The molecule has 128 valence electrons. The highest BCUT2D eigenvalue weighted by atomic mass is 19.4. The molecule has 3 atom stereocenters. The van der Waals surface area contributed by atoms with Crippen LogP contribution in [-0.2, 0) is 22.3 Å². The van der Waals surface area contributed by atoms with Gasteiger partial charge in [-0.25, -0.2) is 0 Å². The van der Waals surface area contributed by atoms with Gasteiger partial charge in [-0.1, -0.05) is 12.1 Å². The summed E-state index contributed by atoms with van der Waals surface area (Å²) in [6, 6.07) is 4.91. The van der Waals surface area contributed by atoms with E-state index in [0.717, 1.165) is 18.6 Å². The van der Waals surface area contributed by atoms with Gasteiger partial charge in [-0.2, -0.15) is 13.2 Å². The zero-order valence-corrected chi connectivity index (χ0v) is 13.6. The Kier molecular flexibility index (Phi) is 5.34. The maximum atomic E-state index is 12.5. The monoisotopic (exact) mass is 329 g/mol. The minimum Gasteiger partial charge on any atom is -0.375 e. The molecule has 1 aromatic carbocycles. The molecule has 1 aliphatic heterocycles. The number of hydrogen-bond donors (Lipinski definition) is 0. The van der Waals surface area contributed by atoms with Crippen molar-refractivity contribution in [3.63, 3.8) is 0 Å². The number of rotatable bonds is 4. The zero-order valence-electron chi connectivity index (χ0n) is 13.6. The first kappa shape index (κ1) is 17.8. The molecule has 0 N–H and O–H groups in total. The molecular formula is C17H22F3NO2. The van der Waals surface area contributed by atoms with Gasteiger partial charge in [0.2, 0.25) is 5.91 Å². The molecule has 23 heavy (non-hydrogen) atoms. The lowest BCUT2D eigenvalue weighted by molar-refractivity contribution is -0.137. The van der Waals surface area contributed by atoms with Gasteiger partial charge in [0.1, 0.15) is 0 Å². The maximum Gasteiger partial charge on any atom is 0.416 e. The number of nitrogens with zero attached hydrogens (tertiary/aromatic N) is 1. The number of ether oxygens (including phenoxy) is 1. The summed E-state index contributed by atoms with van der Waals surface area (Å²) in [5, 5.41) is 0. The molecule has 0 aromatic heterocycles. The Hall–Kier alpha value is -1.56. The first-order valence-electron chi connectivity index (χ1n) is 7.72. The lowest BCUT2D eigenvalue weighted by atomic mass is 9.96. The van der Waals surface area contributed by atoms with E-state index in [1.165, 1.54) is 12.1 Å². The Bertz CT molecular complexity index is 542. The molecule has 1 aliphatic rings. The smallest absolute Gasteiger partial charge is 0.375 e. The van der Waals surface area contributed by atoms with E-state index in [1.54, 1.807) is 11.9 Å². The number of carbonyl (C=O) groups excluding carboxylic acids is 1. The van der Waals surface area contributed by atoms with Crippen LogP contribution < -0.4 is 0 Å². The normalized spacial score (nSPS) is 24.7. The van der Waals surface area contributed by atoms with E-state index in [-0.39, 0.29) is 24.0 Å². The number of amides is 1. The van der Waals surface area contributed by atoms with Gasteiger partial charge in [0.25, 0.3) is 0 Å². The van der Waals surface area contributed by atoms with Crippen molar-refractivity contribution in [1.29, 1.82) is 0 Å². The van der Waals surface area contributed by atoms with Crippen LogP contribution in [0.4, 0.5) is 13.2 Å². The van der Waals surface area contributed by atoms with E-state index in [0.29, 0.717) is 18.5 Å². The van der Waals surface area contributed by atoms with E-state index >= 15 is 0 Å². The average Bonchev–Trinajstić information content (AvgIpc) is 2.76. The van der Waals surface area contributed by atoms with E-state index < -0.39 is 11.7 Å². The third kappa shape index (κ3) is 4.70. The first-order chi connectivity index (χ1) is 10.7. The number of carbonyl (C=O) groups is 1. The maximum absolute atomic E-state index is 12.5. The van der Waals surface area contributed by atoms with Crippen LogP contribution in [0.15, 0.2) is 24.3 Å². The zero-order chi connectivity index (χ0) is 17.2. The second-order valence-electron chi connectivity index (χ2n) is 6.30. The molecule has 0 saturated carbocycles. The first-order valence-corrected chi connectivity index (χ1v) is 7.72. The molecule has 6 heteroatoms. The van der Waals surface area contributed by atoms with Gasteiger partial charge in [0.15, 0.2) is 0 Å². The lowest BCUT2D eigenvalue weighted by Gasteiger charge is -2.21. The van der Waals surface area contributed by atoms with E-state index in [1.807, 2.05) is 13.8 Å². The third-order valence-corrected chi connectivity index (χ3v) is 4.31. The van der Waals surface area contributed by atoms with Gasteiger partial charge in [-0.3, -0.25) is 4.79 Å². The highest BCUT2D eigenvalue weighted by Gasteiger charge is 2.32. The molecular weight excluding hydrogens is 307 g/mol. The minimum absolute atomic E-state index is 0.0144. The molecule has 0 aliphatic carbocycles. The van der Waals surface area contributed by atoms with Crippen molar-refractivity contribution in [1.82, 2.24) is 4.90 Å². The van der Waals surface area contributed by atoms with Crippen molar-refractivity contribution in [3.8, 4) is 0 Å². The van der Waals surface area contributed by atoms with Crippen LogP contribution in [0.2, 0.25) is 0 Å². The molecule has 3 nitrogen and oxygen atoms in total. The molecule has 1 saturated heterocycles. The molecule has 1 amide bonds. The summed E-state index contributed by atoms with van der Waals surface area (Å²) >= 11 is 0. The second kappa shape index (κ2) is 6.91. The standard InChI is InChI=1S/C17H22F3NO2/c1-11-8-14(12(2)23-11)9-16(22)21(3)10-13-4-6-15(7-5-13)17(18,19)20/h4-7,11-12,14H,8-10H2,1-3H3. The van der Waals surface area contributed by atoms with Crippen LogP contribution in [0.25, 0.3) is 0 Å². The van der Waals surface area contributed by atoms with Crippen molar-refractivity contribution in [2.45, 2.75) is 51.6 Å². The third-order valence-electron chi connectivity index (χ3n) is 4.31. The summed E-state index contributed by atoms with van der Waals surface area (Å²) < 4.78 is 43.2. The highest BCUT2D eigenvalue weighted by molar-refractivity contribution is 5.76. The molecule has 1 heterocycles. The fraction of sp³-hybridized carbons (Fsp3) is 0.588. The summed E-state index contributed by atoms with van der Waals surface area (Å²) in [4.78, 5) is 13.8. The van der Waals surface area contributed by atoms with Crippen molar-refractivity contribution in [2.24, 2.45) is 5.92 Å². The molecule has 2 rings (SSSR count). The second-order valence-corrected chi connectivity index (χ2v) is 6.30. The van der Waals surface area contributed by atoms with E-state index in [4.69, 9.17) is 4.74 Å². The van der Waals surface area contributed by atoms with Gasteiger partial charge < -0.3 is 9.64 Å². The van der Waals surface area contributed by atoms with Gasteiger partial charge >= 0.3 is 6.18 Å². The summed E-state index contributed by atoms with van der Waals surface area (Å²) in [5.41, 5.74) is -0.000847. The molecule has 1 aromatic rings. The topological polar surface area (TPSA) is 29.5 Å². The van der Waals surface area contributed by atoms with Gasteiger partial charge in [0, 0.05) is 20.0 Å².